The van der Waals surface area contributed by atoms with E-state index in [0.29, 0.717) is 0 Å². The van der Waals surface area contributed by atoms with Crippen LogP contribution in [0.3, 0.4) is 0 Å². The molecule has 3 heteroatoms. The Hall–Kier alpha value is -0.100. The van der Waals surface area contributed by atoms with Crippen LogP contribution in [0.1, 0.15) is 137 Å². The summed E-state index contributed by atoms with van der Waals surface area (Å²) in [5.41, 5.74) is 0. The molecule has 0 rings (SSSR count). The first-order valence-electron chi connectivity index (χ1n) is 13.2. The fraction of sp³-hybridized carbons (Fsp3) is 0.962. The molecule has 0 aliphatic rings. The molecule has 0 amide bonds. The van der Waals surface area contributed by atoms with Crippen molar-refractivity contribution in [3.05, 3.63) is 0 Å². The minimum atomic E-state index is -2.46. The molecule has 0 radical (unpaired) electrons. The molecule has 2 nitrogen and oxygen atoms in total. The van der Waals surface area contributed by atoms with Gasteiger partial charge >= 0.3 is 184 Å². The van der Waals surface area contributed by atoms with Crippen LogP contribution in [0.2, 0.25) is 0 Å². The fourth-order valence-corrected chi connectivity index (χ4v) is 11.5. The maximum atomic E-state index is 12.4. The van der Waals surface area contributed by atoms with Crippen molar-refractivity contribution in [2.75, 3.05) is 24.6 Å². The van der Waals surface area contributed by atoms with E-state index in [4.69, 9.17) is 4.52 Å². The molecule has 29 heavy (non-hydrogen) atoms. The van der Waals surface area contributed by atoms with Gasteiger partial charge < -0.3 is 0 Å². The molecule has 176 valence electrons. The molecule has 0 N–H and O–H groups in total. The van der Waals surface area contributed by atoms with Gasteiger partial charge in [-0.15, -0.1) is 0 Å². The van der Waals surface area contributed by atoms with Crippen LogP contribution < -0.4 is 0 Å². The first-order chi connectivity index (χ1) is 14.0. The molecule has 0 unspecified atom stereocenters. The second kappa shape index (κ2) is 17.6. The normalized spacial score (nSPS) is 13.2. The molecule has 0 aromatic carbocycles. The third-order valence-electron chi connectivity index (χ3n) is 6.70. The van der Waals surface area contributed by atoms with E-state index in [1.54, 1.807) is 6.92 Å². The SMILES string of the molecule is CCCCCCP(CCCCCC)(CCCCCC)(CCCCCC)OC(C)=O. The third-order valence-corrected chi connectivity index (χ3v) is 13.3. The molecular formula is C26H55O2P. The second-order valence-electron chi connectivity index (χ2n) is 9.58. The zero-order valence-electron chi connectivity index (χ0n) is 20.9. The summed E-state index contributed by atoms with van der Waals surface area (Å²) in [6.07, 6.45) is 25.4. The van der Waals surface area contributed by atoms with Gasteiger partial charge in [0.25, 0.3) is 0 Å². The van der Waals surface area contributed by atoms with Crippen LogP contribution in [-0.4, -0.2) is 30.6 Å². The van der Waals surface area contributed by atoms with Crippen LogP contribution in [-0.2, 0) is 9.32 Å². The van der Waals surface area contributed by atoms with Crippen LogP contribution >= 0.6 is 6.83 Å². The van der Waals surface area contributed by atoms with E-state index >= 15 is 0 Å². The average Bonchev–Trinajstić information content (AvgIpc) is 2.69. The van der Waals surface area contributed by atoms with Crippen molar-refractivity contribution < 1.29 is 9.32 Å². The minimum absolute atomic E-state index is 0.000340. The van der Waals surface area contributed by atoms with Gasteiger partial charge in [-0.25, -0.2) is 0 Å². The van der Waals surface area contributed by atoms with E-state index < -0.39 is 6.83 Å². The van der Waals surface area contributed by atoms with E-state index in [9.17, 15) is 4.79 Å². The predicted molar refractivity (Wildman–Crippen MR) is 135 cm³/mol. The molecule has 0 bridgehead atoms. The first-order valence-corrected chi connectivity index (χ1v) is 16.1. The van der Waals surface area contributed by atoms with Crippen molar-refractivity contribution in [3.63, 3.8) is 0 Å². The van der Waals surface area contributed by atoms with Crippen molar-refractivity contribution >= 4 is 12.8 Å². The van der Waals surface area contributed by atoms with Crippen molar-refractivity contribution in [2.45, 2.75) is 137 Å². The molecule has 0 aromatic heterocycles. The maximum absolute atomic E-state index is 12.4. The molecule has 0 heterocycles. The van der Waals surface area contributed by atoms with Crippen LogP contribution in [0.5, 0.6) is 0 Å². The summed E-state index contributed by atoms with van der Waals surface area (Å²) >= 11 is 0. The summed E-state index contributed by atoms with van der Waals surface area (Å²) in [5, 5.41) is 0. The van der Waals surface area contributed by atoms with Gasteiger partial charge in [-0.1, -0.05) is 0 Å². The molecule has 0 aliphatic carbocycles. The van der Waals surface area contributed by atoms with Gasteiger partial charge in [-0.2, -0.15) is 0 Å². The van der Waals surface area contributed by atoms with Gasteiger partial charge in [0.15, 0.2) is 0 Å². The molecule has 0 aromatic rings. The first kappa shape index (κ1) is 28.9. The third kappa shape index (κ3) is 13.0. The van der Waals surface area contributed by atoms with Crippen molar-refractivity contribution in [2.24, 2.45) is 0 Å². The van der Waals surface area contributed by atoms with Crippen LogP contribution in [0, 0.1) is 0 Å². The Morgan fingerprint density at radius 3 is 1.00 bits per heavy atom. The van der Waals surface area contributed by atoms with Crippen molar-refractivity contribution in [1.82, 2.24) is 0 Å². The van der Waals surface area contributed by atoms with Crippen molar-refractivity contribution in [3.8, 4) is 0 Å². The van der Waals surface area contributed by atoms with E-state index in [0.717, 1.165) is 0 Å². The zero-order chi connectivity index (χ0) is 21.9. The van der Waals surface area contributed by atoms with E-state index in [1.807, 2.05) is 0 Å². The summed E-state index contributed by atoms with van der Waals surface area (Å²) in [5.74, 6) is -0.000340. The van der Waals surface area contributed by atoms with Crippen LogP contribution in [0.15, 0.2) is 0 Å². The Labute approximate surface area is 184 Å². The number of carbonyl (C=O) groups is 1. The summed E-state index contributed by atoms with van der Waals surface area (Å²) < 4.78 is 6.64. The van der Waals surface area contributed by atoms with Crippen molar-refractivity contribution in [1.29, 1.82) is 0 Å². The summed E-state index contributed by atoms with van der Waals surface area (Å²) in [6, 6.07) is 0. The van der Waals surface area contributed by atoms with Gasteiger partial charge in [0.2, 0.25) is 0 Å². The standard InChI is InChI=1S/C26H55O2P/c1-6-10-14-18-22-29(28-26(5)27,23-19-15-11-7-2,24-20-16-12-8-3)25-21-17-13-9-4/h6-25H2,1-5H3. The van der Waals surface area contributed by atoms with E-state index in [-0.39, 0.29) is 5.97 Å². The predicted octanol–water partition coefficient (Wildman–Crippen LogP) is 9.34. The second-order valence-corrected chi connectivity index (χ2v) is 15.3. The van der Waals surface area contributed by atoms with Gasteiger partial charge in [0, 0.05) is 0 Å². The summed E-state index contributed by atoms with van der Waals surface area (Å²) in [7, 11) is 0. The van der Waals surface area contributed by atoms with E-state index in [2.05, 4.69) is 27.7 Å². The number of hydrogen-bond donors (Lipinski definition) is 0. The Morgan fingerprint density at radius 1 is 0.517 bits per heavy atom. The quantitative estimate of drug-likeness (QED) is 0.134. The molecule has 0 saturated carbocycles. The summed E-state index contributed by atoms with van der Waals surface area (Å²) in [4.78, 5) is 12.4. The van der Waals surface area contributed by atoms with Gasteiger partial charge in [-0.3, -0.25) is 0 Å². The monoisotopic (exact) mass is 430 g/mol. The zero-order valence-corrected chi connectivity index (χ0v) is 21.8. The molecule has 0 fully saturated rings. The number of rotatable bonds is 21. The number of unbranched alkanes of at least 4 members (excludes halogenated alkanes) is 12. The Kier molecular flexibility index (Phi) is 17.5. The van der Waals surface area contributed by atoms with Gasteiger partial charge in [0.1, 0.15) is 0 Å². The topological polar surface area (TPSA) is 26.3 Å². The molecular weight excluding hydrogens is 375 g/mol. The summed E-state index contributed by atoms with van der Waals surface area (Å²) in [6.45, 7) is 8.36. The van der Waals surface area contributed by atoms with Gasteiger partial charge in [0.05, 0.1) is 0 Å². The van der Waals surface area contributed by atoms with Crippen LogP contribution in [0.4, 0.5) is 0 Å². The fourth-order valence-electron chi connectivity index (χ4n) is 4.97. The Balaban J connectivity index is 5.58. The molecule has 0 atom stereocenters. The Morgan fingerprint density at radius 2 is 0.793 bits per heavy atom. The van der Waals surface area contributed by atoms with E-state index in [1.165, 1.54) is 127 Å². The number of hydrogen-bond acceptors (Lipinski definition) is 2. The van der Waals surface area contributed by atoms with Crippen LogP contribution in [0.25, 0.3) is 0 Å². The Bertz CT molecular complexity index is 335. The molecule has 0 saturated heterocycles. The van der Waals surface area contributed by atoms with Gasteiger partial charge in [-0.05, 0) is 0 Å². The molecule has 0 aliphatic heterocycles. The molecule has 0 spiro atoms. The number of carbonyl (C=O) groups excluding carboxylic acids is 1. The average molecular weight is 431 g/mol.